The molecule has 1 heterocycles. The van der Waals surface area contributed by atoms with Gasteiger partial charge in [-0.25, -0.2) is 13.1 Å². The summed E-state index contributed by atoms with van der Waals surface area (Å²) < 4.78 is 24.3. The zero-order chi connectivity index (χ0) is 13.8. The van der Waals surface area contributed by atoms with E-state index in [-0.39, 0.29) is 28.2 Å². The van der Waals surface area contributed by atoms with Crippen molar-refractivity contribution in [1.82, 2.24) is 20.2 Å². The van der Waals surface area contributed by atoms with Crippen LogP contribution in [-0.2, 0) is 10.0 Å². The molecule has 0 atom stereocenters. The molecule has 7 nitrogen and oxygen atoms in total. The molecule has 1 aromatic rings. The summed E-state index contributed by atoms with van der Waals surface area (Å²) in [5, 5.41) is 9.22. The molecule has 10 heteroatoms. The van der Waals surface area contributed by atoms with Gasteiger partial charge in [-0.05, 0) is 13.1 Å². The molecule has 18 heavy (non-hydrogen) atoms. The Balaban J connectivity index is 2.64. The van der Waals surface area contributed by atoms with Gasteiger partial charge in [0, 0.05) is 6.54 Å². The zero-order valence-corrected chi connectivity index (χ0v) is 11.6. The standard InChI is InChI=1S/C8H10Cl2N4O3S/c1-11-18(16,17)3-2-12-8(15)5-4-6(9)13-14-7(5)10/h4,11H,2-3H2,1H3,(H,12,15). The van der Waals surface area contributed by atoms with E-state index in [1.54, 1.807) is 0 Å². The maximum Gasteiger partial charge on any atom is 0.254 e. The fourth-order valence-corrected chi connectivity index (χ4v) is 1.91. The van der Waals surface area contributed by atoms with Gasteiger partial charge in [-0.15, -0.1) is 10.2 Å². The summed E-state index contributed by atoms with van der Waals surface area (Å²) in [6.07, 6.45) is 0. The Kier molecular flexibility index (Phi) is 5.27. The van der Waals surface area contributed by atoms with E-state index >= 15 is 0 Å². The van der Waals surface area contributed by atoms with Crippen LogP contribution >= 0.6 is 23.2 Å². The molecular weight excluding hydrogens is 303 g/mol. The molecule has 0 spiro atoms. The summed E-state index contributed by atoms with van der Waals surface area (Å²) in [6.45, 7) is -0.0573. The van der Waals surface area contributed by atoms with Gasteiger partial charge in [0.25, 0.3) is 5.91 Å². The van der Waals surface area contributed by atoms with Crippen molar-refractivity contribution in [3.63, 3.8) is 0 Å². The summed E-state index contributed by atoms with van der Waals surface area (Å²) in [4.78, 5) is 11.7. The predicted octanol–water partition coefficient (Wildman–Crippen LogP) is 0.0624. The average Bonchev–Trinajstić information content (AvgIpc) is 2.32. The number of rotatable bonds is 5. The lowest BCUT2D eigenvalue weighted by Gasteiger charge is -2.06. The van der Waals surface area contributed by atoms with E-state index in [1.165, 1.54) is 13.1 Å². The Bertz CT molecular complexity index is 549. The Morgan fingerprint density at radius 3 is 2.67 bits per heavy atom. The highest BCUT2D eigenvalue weighted by Crippen LogP contribution is 2.14. The number of halogens is 2. The van der Waals surface area contributed by atoms with E-state index in [4.69, 9.17) is 23.2 Å². The van der Waals surface area contributed by atoms with Crippen LogP contribution in [0.3, 0.4) is 0 Å². The van der Waals surface area contributed by atoms with Crippen molar-refractivity contribution in [2.24, 2.45) is 0 Å². The summed E-state index contributed by atoms with van der Waals surface area (Å²) in [5.41, 5.74) is 0.0403. The second-order valence-electron chi connectivity index (χ2n) is 3.15. The second kappa shape index (κ2) is 6.28. The first-order valence-corrected chi connectivity index (χ1v) is 7.14. The van der Waals surface area contributed by atoms with Gasteiger partial charge in [-0.3, -0.25) is 4.79 Å². The topological polar surface area (TPSA) is 101 Å². The summed E-state index contributed by atoms with van der Waals surface area (Å²) in [7, 11) is -2.08. The van der Waals surface area contributed by atoms with Crippen LogP contribution in [0.1, 0.15) is 10.4 Å². The molecule has 0 bridgehead atoms. The third kappa shape index (κ3) is 4.37. The van der Waals surface area contributed by atoms with Crippen molar-refractivity contribution in [3.8, 4) is 0 Å². The molecule has 0 unspecified atom stereocenters. The van der Waals surface area contributed by atoms with Crippen molar-refractivity contribution in [2.45, 2.75) is 0 Å². The van der Waals surface area contributed by atoms with Crippen LogP contribution in [0.2, 0.25) is 10.3 Å². The minimum Gasteiger partial charge on any atom is -0.351 e. The minimum absolute atomic E-state index is 0.0207. The largest absolute Gasteiger partial charge is 0.351 e. The maximum atomic E-state index is 11.7. The quantitative estimate of drug-likeness (QED) is 0.800. The third-order valence-corrected chi connectivity index (χ3v) is 3.76. The molecule has 1 amide bonds. The van der Waals surface area contributed by atoms with Crippen molar-refractivity contribution >= 4 is 39.1 Å². The number of hydrogen-bond acceptors (Lipinski definition) is 5. The lowest BCUT2D eigenvalue weighted by atomic mass is 10.3. The van der Waals surface area contributed by atoms with Crippen LogP contribution in [-0.4, -0.2) is 43.9 Å². The van der Waals surface area contributed by atoms with E-state index < -0.39 is 15.9 Å². The van der Waals surface area contributed by atoms with Crippen LogP contribution < -0.4 is 10.0 Å². The summed E-state index contributed by atoms with van der Waals surface area (Å²) in [5.74, 6) is -0.804. The molecule has 2 N–H and O–H groups in total. The van der Waals surface area contributed by atoms with Gasteiger partial charge in [0.05, 0.1) is 11.3 Å². The number of carbonyl (C=O) groups excluding carboxylic acids is 1. The number of hydrogen-bond donors (Lipinski definition) is 2. The molecule has 0 aliphatic heterocycles. The predicted molar refractivity (Wildman–Crippen MR) is 67.2 cm³/mol. The van der Waals surface area contributed by atoms with Crippen LogP contribution in [0, 0.1) is 0 Å². The number of nitrogens with one attached hydrogen (secondary N) is 2. The molecule has 100 valence electrons. The van der Waals surface area contributed by atoms with Gasteiger partial charge in [0.15, 0.2) is 10.3 Å². The number of aromatic nitrogens is 2. The number of sulfonamides is 1. The van der Waals surface area contributed by atoms with Crippen LogP contribution in [0.15, 0.2) is 6.07 Å². The highest BCUT2D eigenvalue weighted by molar-refractivity contribution is 7.89. The lowest BCUT2D eigenvalue weighted by molar-refractivity contribution is 0.0955. The first kappa shape index (κ1) is 15.1. The van der Waals surface area contributed by atoms with E-state index in [0.717, 1.165) is 0 Å². The molecular formula is C8H10Cl2N4O3S. The van der Waals surface area contributed by atoms with Crippen LogP contribution in [0.25, 0.3) is 0 Å². The Hall–Kier alpha value is -0.960. The minimum atomic E-state index is -3.37. The van der Waals surface area contributed by atoms with Gasteiger partial charge in [0.2, 0.25) is 10.0 Å². The highest BCUT2D eigenvalue weighted by Gasteiger charge is 2.14. The molecule has 0 saturated carbocycles. The molecule has 0 saturated heterocycles. The molecule has 1 rings (SSSR count). The third-order valence-electron chi connectivity index (χ3n) is 1.93. The van der Waals surface area contributed by atoms with Crippen LogP contribution in [0.4, 0.5) is 0 Å². The van der Waals surface area contributed by atoms with Crippen molar-refractivity contribution in [2.75, 3.05) is 19.3 Å². The van der Waals surface area contributed by atoms with Crippen molar-refractivity contribution in [3.05, 3.63) is 21.9 Å². The van der Waals surface area contributed by atoms with Crippen molar-refractivity contribution in [1.29, 1.82) is 0 Å². The number of carbonyl (C=O) groups is 1. The van der Waals surface area contributed by atoms with Gasteiger partial charge >= 0.3 is 0 Å². The SMILES string of the molecule is CNS(=O)(=O)CCNC(=O)c1cc(Cl)nnc1Cl. The average molecular weight is 313 g/mol. The molecule has 0 aliphatic carbocycles. The zero-order valence-electron chi connectivity index (χ0n) is 9.27. The smallest absolute Gasteiger partial charge is 0.254 e. The van der Waals surface area contributed by atoms with Gasteiger partial charge in [0.1, 0.15) is 0 Å². The van der Waals surface area contributed by atoms with Gasteiger partial charge < -0.3 is 5.32 Å². The molecule has 0 aliphatic rings. The van der Waals surface area contributed by atoms with Crippen LogP contribution in [0.5, 0.6) is 0 Å². The van der Waals surface area contributed by atoms with Crippen molar-refractivity contribution < 1.29 is 13.2 Å². The number of amides is 1. The Morgan fingerprint density at radius 2 is 2.06 bits per heavy atom. The second-order valence-corrected chi connectivity index (χ2v) is 5.94. The van der Waals surface area contributed by atoms with E-state index in [1.807, 2.05) is 0 Å². The monoisotopic (exact) mass is 312 g/mol. The van der Waals surface area contributed by atoms with E-state index in [0.29, 0.717) is 0 Å². The highest BCUT2D eigenvalue weighted by atomic mass is 35.5. The fourth-order valence-electron chi connectivity index (χ4n) is 1.01. The number of nitrogens with zero attached hydrogens (tertiary/aromatic N) is 2. The lowest BCUT2D eigenvalue weighted by Crippen LogP contribution is -2.33. The fraction of sp³-hybridized carbons (Fsp3) is 0.375. The maximum absolute atomic E-state index is 11.7. The molecule has 0 fully saturated rings. The van der Waals surface area contributed by atoms with Gasteiger partial charge in [-0.2, -0.15) is 0 Å². The Morgan fingerprint density at radius 1 is 1.39 bits per heavy atom. The van der Waals surface area contributed by atoms with E-state index in [9.17, 15) is 13.2 Å². The normalized spacial score (nSPS) is 11.3. The molecule has 1 aromatic heterocycles. The van der Waals surface area contributed by atoms with Gasteiger partial charge in [-0.1, -0.05) is 23.2 Å². The Labute approximate surface area is 114 Å². The first-order valence-electron chi connectivity index (χ1n) is 4.74. The van der Waals surface area contributed by atoms with E-state index in [2.05, 4.69) is 20.2 Å². The summed E-state index contributed by atoms with van der Waals surface area (Å²) in [6, 6.07) is 1.25. The molecule has 0 radical (unpaired) electrons. The summed E-state index contributed by atoms with van der Waals surface area (Å²) >= 11 is 11.2. The molecule has 0 aromatic carbocycles. The first-order chi connectivity index (χ1) is 8.35.